The highest BCUT2D eigenvalue weighted by Gasteiger charge is 2.16. The van der Waals surface area contributed by atoms with E-state index in [4.69, 9.17) is 0 Å². The highest BCUT2D eigenvalue weighted by atomic mass is 32.2. The molecule has 28 heavy (non-hydrogen) atoms. The standard InChI is InChI=1S/C23H18N4S/c1-17-11-13-18(14-12-17)22-25-26-23(27(22)21-9-3-2-4-10-21)28-16-20-8-6-5-7-19(20)15-24/h2-14H,16H2,1H3. The van der Waals surface area contributed by atoms with Gasteiger partial charge in [-0.1, -0.05) is 78.0 Å². The van der Waals surface area contributed by atoms with Crippen molar-refractivity contribution in [3.63, 3.8) is 0 Å². The van der Waals surface area contributed by atoms with Crippen LogP contribution in [0.25, 0.3) is 17.1 Å². The zero-order valence-electron chi connectivity index (χ0n) is 15.4. The molecule has 0 fully saturated rings. The van der Waals surface area contributed by atoms with Gasteiger partial charge < -0.3 is 0 Å². The number of aromatic nitrogens is 3. The van der Waals surface area contributed by atoms with Crippen molar-refractivity contribution in [2.45, 2.75) is 17.8 Å². The first-order valence-corrected chi connectivity index (χ1v) is 9.93. The topological polar surface area (TPSA) is 54.5 Å². The lowest BCUT2D eigenvalue weighted by molar-refractivity contribution is 0.886. The van der Waals surface area contributed by atoms with E-state index in [9.17, 15) is 5.26 Å². The number of hydrogen-bond acceptors (Lipinski definition) is 4. The summed E-state index contributed by atoms with van der Waals surface area (Å²) in [6.07, 6.45) is 0. The number of thioether (sulfide) groups is 1. The largest absolute Gasteiger partial charge is 0.270 e. The normalized spacial score (nSPS) is 10.6. The average Bonchev–Trinajstić information content (AvgIpc) is 3.17. The lowest BCUT2D eigenvalue weighted by Crippen LogP contribution is -2.00. The molecule has 0 atom stereocenters. The molecule has 0 aliphatic rings. The molecule has 0 bridgehead atoms. The van der Waals surface area contributed by atoms with Gasteiger partial charge in [0.05, 0.1) is 11.6 Å². The van der Waals surface area contributed by atoms with Crippen LogP contribution in [0.2, 0.25) is 0 Å². The number of benzene rings is 3. The molecule has 5 heteroatoms. The van der Waals surface area contributed by atoms with E-state index in [1.54, 1.807) is 11.8 Å². The first kappa shape index (κ1) is 18.0. The predicted octanol–water partition coefficient (Wildman–Crippen LogP) is 5.41. The molecule has 4 nitrogen and oxygen atoms in total. The maximum absolute atomic E-state index is 9.33. The summed E-state index contributed by atoms with van der Waals surface area (Å²) in [6.45, 7) is 2.07. The third kappa shape index (κ3) is 3.68. The summed E-state index contributed by atoms with van der Waals surface area (Å²) >= 11 is 1.58. The Balaban J connectivity index is 1.73. The van der Waals surface area contributed by atoms with E-state index in [0.717, 1.165) is 27.8 Å². The molecule has 0 saturated heterocycles. The summed E-state index contributed by atoms with van der Waals surface area (Å²) in [5.41, 5.74) is 4.93. The van der Waals surface area contributed by atoms with E-state index in [1.807, 2.05) is 54.6 Å². The molecule has 3 aromatic carbocycles. The summed E-state index contributed by atoms with van der Waals surface area (Å²) in [5.74, 6) is 1.46. The highest BCUT2D eigenvalue weighted by molar-refractivity contribution is 7.98. The Morgan fingerprint density at radius 2 is 1.61 bits per heavy atom. The molecule has 0 radical (unpaired) electrons. The number of aryl methyl sites for hydroxylation is 1. The number of rotatable bonds is 5. The molecule has 1 heterocycles. The molecule has 4 rings (SSSR count). The molecule has 4 aromatic rings. The first-order chi connectivity index (χ1) is 13.8. The van der Waals surface area contributed by atoms with Crippen molar-refractivity contribution >= 4 is 11.8 Å². The Morgan fingerprint density at radius 3 is 2.36 bits per heavy atom. The first-order valence-electron chi connectivity index (χ1n) is 8.95. The smallest absolute Gasteiger partial charge is 0.196 e. The molecule has 0 aliphatic heterocycles. The van der Waals surface area contributed by atoms with E-state index >= 15 is 0 Å². The van der Waals surface area contributed by atoms with Crippen LogP contribution >= 0.6 is 11.8 Å². The molecular weight excluding hydrogens is 364 g/mol. The van der Waals surface area contributed by atoms with Crippen molar-refractivity contribution in [2.75, 3.05) is 0 Å². The molecule has 0 spiro atoms. The fourth-order valence-corrected chi connectivity index (χ4v) is 3.92. The maximum Gasteiger partial charge on any atom is 0.196 e. The lowest BCUT2D eigenvalue weighted by Gasteiger charge is -2.11. The van der Waals surface area contributed by atoms with Gasteiger partial charge in [-0.2, -0.15) is 5.26 Å². The highest BCUT2D eigenvalue weighted by Crippen LogP contribution is 2.30. The van der Waals surface area contributed by atoms with Crippen LogP contribution in [0.1, 0.15) is 16.7 Å². The summed E-state index contributed by atoms with van der Waals surface area (Å²) in [4.78, 5) is 0. The average molecular weight is 382 g/mol. The Labute approximate surface area is 168 Å². The molecule has 0 unspecified atom stereocenters. The van der Waals surface area contributed by atoms with Crippen LogP contribution in [0.5, 0.6) is 0 Å². The SMILES string of the molecule is Cc1ccc(-c2nnc(SCc3ccccc3C#N)n2-c2ccccc2)cc1. The lowest BCUT2D eigenvalue weighted by atomic mass is 10.1. The van der Waals surface area contributed by atoms with E-state index in [0.29, 0.717) is 11.3 Å². The minimum Gasteiger partial charge on any atom is -0.270 e. The molecule has 0 aliphatic carbocycles. The van der Waals surface area contributed by atoms with Crippen LogP contribution in [-0.2, 0) is 5.75 Å². The Kier molecular flexibility index (Phi) is 5.22. The zero-order valence-corrected chi connectivity index (χ0v) is 16.2. The second-order valence-electron chi connectivity index (χ2n) is 6.40. The number of hydrogen-bond donors (Lipinski definition) is 0. The van der Waals surface area contributed by atoms with Gasteiger partial charge in [-0.05, 0) is 30.7 Å². The molecule has 1 aromatic heterocycles. The van der Waals surface area contributed by atoms with Gasteiger partial charge >= 0.3 is 0 Å². The van der Waals surface area contributed by atoms with Gasteiger partial charge in [0, 0.05) is 17.0 Å². The van der Waals surface area contributed by atoms with Crippen LogP contribution in [0, 0.1) is 18.3 Å². The Bertz CT molecular complexity index is 1130. The third-order valence-corrected chi connectivity index (χ3v) is 5.43. The molecular formula is C23H18N4S. The van der Waals surface area contributed by atoms with Crippen LogP contribution < -0.4 is 0 Å². The minimum atomic E-state index is 0.655. The quantitative estimate of drug-likeness (QED) is 0.433. The Hall–Kier alpha value is -3.36. The van der Waals surface area contributed by atoms with Gasteiger partial charge in [-0.25, -0.2) is 0 Å². The molecule has 136 valence electrons. The fraction of sp³-hybridized carbons (Fsp3) is 0.0870. The van der Waals surface area contributed by atoms with Crippen LogP contribution in [0.3, 0.4) is 0 Å². The monoisotopic (exact) mass is 382 g/mol. The molecule has 0 amide bonds. The van der Waals surface area contributed by atoms with E-state index in [1.165, 1.54) is 5.56 Å². The van der Waals surface area contributed by atoms with Crippen molar-refractivity contribution in [3.05, 3.63) is 95.6 Å². The third-order valence-electron chi connectivity index (χ3n) is 4.45. The second-order valence-corrected chi connectivity index (χ2v) is 7.34. The van der Waals surface area contributed by atoms with Gasteiger partial charge in [-0.15, -0.1) is 10.2 Å². The van der Waals surface area contributed by atoms with Crippen LogP contribution in [-0.4, -0.2) is 14.8 Å². The maximum atomic E-state index is 9.33. The van der Waals surface area contributed by atoms with Crippen molar-refractivity contribution in [2.24, 2.45) is 0 Å². The summed E-state index contributed by atoms with van der Waals surface area (Å²) in [5, 5.41) is 19.1. The minimum absolute atomic E-state index is 0.655. The Morgan fingerprint density at radius 1 is 0.893 bits per heavy atom. The summed E-state index contributed by atoms with van der Waals surface area (Å²) in [7, 11) is 0. The number of nitrogens with zero attached hydrogens (tertiary/aromatic N) is 4. The van der Waals surface area contributed by atoms with Crippen molar-refractivity contribution in [1.29, 1.82) is 5.26 Å². The van der Waals surface area contributed by atoms with E-state index in [-0.39, 0.29) is 0 Å². The summed E-state index contributed by atoms with van der Waals surface area (Å²) < 4.78 is 2.07. The van der Waals surface area contributed by atoms with Gasteiger partial charge in [0.15, 0.2) is 11.0 Å². The summed E-state index contributed by atoms with van der Waals surface area (Å²) in [6, 6.07) is 28.3. The van der Waals surface area contributed by atoms with Crippen molar-refractivity contribution < 1.29 is 0 Å². The van der Waals surface area contributed by atoms with Gasteiger partial charge in [-0.3, -0.25) is 4.57 Å². The van der Waals surface area contributed by atoms with Gasteiger partial charge in [0.25, 0.3) is 0 Å². The zero-order chi connectivity index (χ0) is 19.3. The van der Waals surface area contributed by atoms with Crippen LogP contribution in [0.4, 0.5) is 0 Å². The number of nitriles is 1. The second kappa shape index (κ2) is 8.12. The van der Waals surface area contributed by atoms with E-state index in [2.05, 4.69) is 52.0 Å². The van der Waals surface area contributed by atoms with Crippen molar-refractivity contribution in [1.82, 2.24) is 14.8 Å². The number of para-hydroxylation sites is 1. The molecule has 0 N–H and O–H groups in total. The molecule has 0 saturated carbocycles. The van der Waals surface area contributed by atoms with Crippen molar-refractivity contribution in [3.8, 4) is 23.1 Å². The van der Waals surface area contributed by atoms with E-state index < -0.39 is 0 Å². The van der Waals surface area contributed by atoms with Gasteiger partial charge in [0.2, 0.25) is 0 Å². The van der Waals surface area contributed by atoms with Gasteiger partial charge in [0.1, 0.15) is 0 Å². The van der Waals surface area contributed by atoms with Crippen LogP contribution in [0.15, 0.2) is 84.0 Å². The fourth-order valence-electron chi connectivity index (χ4n) is 2.96. The predicted molar refractivity (Wildman–Crippen MR) is 112 cm³/mol.